The molecule has 2 rings (SSSR count). The number of rotatable bonds is 4. The lowest BCUT2D eigenvalue weighted by Crippen LogP contribution is -2.08. The first-order valence-corrected chi connectivity index (χ1v) is 6.20. The van der Waals surface area contributed by atoms with Crippen LogP contribution in [0.5, 0.6) is 5.75 Å². The van der Waals surface area contributed by atoms with Gasteiger partial charge in [0.05, 0.1) is 17.2 Å². The van der Waals surface area contributed by atoms with Gasteiger partial charge in [0, 0.05) is 0 Å². The molecule has 1 aromatic carbocycles. The molecule has 0 amide bonds. The standard InChI is InChI=1S/C13H15ClO3/c14-12-6-5-10(7-11(12)13(15)16)17-8-9-3-1-2-4-9/h5-7,9H,1-4,8H2,(H,15,16). The molecule has 17 heavy (non-hydrogen) atoms. The van der Waals surface area contributed by atoms with Gasteiger partial charge in [-0.3, -0.25) is 0 Å². The Kier molecular flexibility index (Phi) is 3.89. The van der Waals surface area contributed by atoms with Crippen LogP contribution in [0.25, 0.3) is 0 Å². The summed E-state index contributed by atoms with van der Waals surface area (Å²) in [5, 5.41) is 9.17. The second kappa shape index (κ2) is 5.41. The predicted octanol–water partition coefficient (Wildman–Crippen LogP) is 3.61. The Hall–Kier alpha value is -1.22. The molecule has 0 atom stereocenters. The molecular formula is C13H15ClO3. The number of ether oxygens (including phenoxy) is 1. The predicted molar refractivity (Wildman–Crippen MR) is 65.9 cm³/mol. The molecule has 1 fully saturated rings. The molecule has 1 saturated carbocycles. The number of carbonyl (C=O) groups is 1. The van der Waals surface area contributed by atoms with Crippen molar-refractivity contribution in [3.05, 3.63) is 28.8 Å². The van der Waals surface area contributed by atoms with Gasteiger partial charge in [-0.15, -0.1) is 0 Å². The maximum atomic E-state index is 10.9. The monoisotopic (exact) mass is 254 g/mol. The topological polar surface area (TPSA) is 46.5 Å². The van der Waals surface area contributed by atoms with Crippen molar-refractivity contribution >= 4 is 17.6 Å². The van der Waals surface area contributed by atoms with Crippen LogP contribution in [0, 0.1) is 5.92 Å². The number of halogens is 1. The lowest BCUT2D eigenvalue weighted by Gasteiger charge is -2.12. The lowest BCUT2D eigenvalue weighted by molar-refractivity contribution is 0.0696. The average Bonchev–Trinajstić information content (AvgIpc) is 2.80. The summed E-state index contributed by atoms with van der Waals surface area (Å²) in [4.78, 5) is 10.9. The first-order chi connectivity index (χ1) is 8.16. The number of hydrogen-bond acceptors (Lipinski definition) is 2. The van der Waals surface area contributed by atoms with E-state index < -0.39 is 5.97 Å². The van der Waals surface area contributed by atoms with Gasteiger partial charge in [0.25, 0.3) is 0 Å². The number of aromatic carboxylic acids is 1. The van der Waals surface area contributed by atoms with Crippen molar-refractivity contribution in [3.8, 4) is 5.75 Å². The van der Waals surface area contributed by atoms with E-state index in [1.807, 2.05) is 0 Å². The Labute approximate surface area is 105 Å². The van der Waals surface area contributed by atoms with E-state index in [0.29, 0.717) is 18.3 Å². The van der Waals surface area contributed by atoms with E-state index in [9.17, 15) is 4.79 Å². The molecule has 1 aromatic rings. The minimum Gasteiger partial charge on any atom is -0.493 e. The van der Waals surface area contributed by atoms with E-state index in [1.165, 1.54) is 31.7 Å². The molecule has 0 unspecified atom stereocenters. The molecule has 3 nitrogen and oxygen atoms in total. The molecule has 0 heterocycles. The van der Waals surface area contributed by atoms with Gasteiger partial charge in [0.1, 0.15) is 5.75 Å². The molecule has 1 N–H and O–H groups in total. The van der Waals surface area contributed by atoms with Gasteiger partial charge in [0.2, 0.25) is 0 Å². The van der Waals surface area contributed by atoms with Crippen LogP contribution in [-0.2, 0) is 0 Å². The van der Waals surface area contributed by atoms with Gasteiger partial charge in [-0.1, -0.05) is 24.4 Å². The van der Waals surface area contributed by atoms with E-state index in [-0.39, 0.29) is 10.6 Å². The second-order valence-electron chi connectivity index (χ2n) is 4.41. The van der Waals surface area contributed by atoms with Crippen LogP contribution in [0.2, 0.25) is 5.02 Å². The molecule has 92 valence electrons. The van der Waals surface area contributed by atoms with Gasteiger partial charge in [0.15, 0.2) is 0 Å². The zero-order valence-corrected chi connectivity index (χ0v) is 10.2. The molecule has 0 aliphatic heterocycles. The Morgan fingerprint density at radius 2 is 2.12 bits per heavy atom. The van der Waals surface area contributed by atoms with Gasteiger partial charge in [-0.05, 0) is 37.0 Å². The highest BCUT2D eigenvalue weighted by Gasteiger charge is 2.16. The minimum atomic E-state index is -1.03. The minimum absolute atomic E-state index is 0.0931. The second-order valence-corrected chi connectivity index (χ2v) is 4.82. The number of carboxylic acids is 1. The highest BCUT2D eigenvalue weighted by Crippen LogP contribution is 2.27. The summed E-state index contributed by atoms with van der Waals surface area (Å²) in [6.07, 6.45) is 4.96. The third kappa shape index (κ3) is 3.13. The Balaban J connectivity index is 2.00. The summed E-state index contributed by atoms with van der Waals surface area (Å²) in [5.41, 5.74) is 0.0931. The van der Waals surface area contributed by atoms with Crippen LogP contribution < -0.4 is 4.74 Å². The maximum Gasteiger partial charge on any atom is 0.337 e. The summed E-state index contributed by atoms with van der Waals surface area (Å²) in [6, 6.07) is 4.76. The van der Waals surface area contributed by atoms with Crippen molar-refractivity contribution in [2.75, 3.05) is 6.61 Å². The van der Waals surface area contributed by atoms with Crippen LogP contribution in [-0.4, -0.2) is 17.7 Å². The van der Waals surface area contributed by atoms with Gasteiger partial charge >= 0.3 is 5.97 Å². The quantitative estimate of drug-likeness (QED) is 0.893. The van der Waals surface area contributed by atoms with Gasteiger partial charge < -0.3 is 9.84 Å². The summed E-state index contributed by atoms with van der Waals surface area (Å²) in [5.74, 6) is 0.166. The summed E-state index contributed by atoms with van der Waals surface area (Å²) in [6.45, 7) is 0.667. The number of hydrogen-bond donors (Lipinski definition) is 1. The maximum absolute atomic E-state index is 10.9. The van der Waals surface area contributed by atoms with Crippen LogP contribution in [0.1, 0.15) is 36.0 Å². The molecule has 4 heteroatoms. The van der Waals surface area contributed by atoms with E-state index in [1.54, 1.807) is 12.1 Å². The molecule has 0 aromatic heterocycles. The van der Waals surface area contributed by atoms with Gasteiger partial charge in [-0.25, -0.2) is 4.79 Å². The molecule has 0 saturated heterocycles. The fourth-order valence-electron chi connectivity index (χ4n) is 2.15. The molecule has 0 spiro atoms. The third-order valence-corrected chi connectivity index (χ3v) is 3.46. The van der Waals surface area contributed by atoms with Gasteiger partial charge in [-0.2, -0.15) is 0 Å². The van der Waals surface area contributed by atoms with Crippen LogP contribution in [0.15, 0.2) is 18.2 Å². The van der Waals surface area contributed by atoms with Crippen molar-refractivity contribution in [3.63, 3.8) is 0 Å². The van der Waals surface area contributed by atoms with Crippen molar-refractivity contribution in [2.45, 2.75) is 25.7 Å². The first-order valence-electron chi connectivity index (χ1n) is 5.82. The van der Waals surface area contributed by atoms with E-state index in [2.05, 4.69) is 0 Å². The zero-order chi connectivity index (χ0) is 12.3. The Morgan fingerprint density at radius 1 is 1.41 bits per heavy atom. The fourth-order valence-corrected chi connectivity index (χ4v) is 2.35. The summed E-state index contributed by atoms with van der Waals surface area (Å²) < 4.78 is 5.61. The normalized spacial score (nSPS) is 16.1. The smallest absolute Gasteiger partial charge is 0.337 e. The third-order valence-electron chi connectivity index (χ3n) is 3.13. The number of benzene rings is 1. The molecule has 1 aliphatic carbocycles. The summed E-state index contributed by atoms with van der Waals surface area (Å²) in [7, 11) is 0. The van der Waals surface area contributed by atoms with Crippen molar-refractivity contribution in [1.82, 2.24) is 0 Å². The van der Waals surface area contributed by atoms with Crippen molar-refractivity contribution < 1.29 is 14.6 Å². The summed E-state index contributed by atoms with van der Waals surface area (Å²) >= 11 is 5.78. The molecular weight excluding hydrogens is 240 g/mol. The number of carboxylic acid groups (broad SMARTS) is 1. The molecule has 1 aliphatic rings. The lowest BCUT2D eigenvalue weighted by atomic mass is 10.1. The zero-order valence-electron chi connectivity index (χ0n) is 9.49. The SMILES string of the molecule is O=C(O)c1cc(OCC2CCCC2)ccc1Cl. The van der Waals surface area contributed by atoms with Crippen LogP contribution >= 0.6 is 11.6 Å². The largest absolute Gasteiger partial charge is 0.493 e. The van der Waals surface area contributed by atoms with E-state index in [4.69, 9.17) is 21.4 Å². The first kappa shape index (κ1) is 12.2. The van der Waals surface area contributed by atoms with Crippen LogP contribution in [0.3, 0.4) is 0 Å². The fraction of sp³-hybridized carbons (Fsp3) is 0.462. The van der Waals surface area contributed by atoms with Crippen molar-refractivity contribution in [2.24, 2.45) is 5.92 Å². The Morgan fingerprint density at radius 3 is 2.76 bits per heavy atom. The highest BCUT2D eigenvalue weighted by atomic mass is 35.5. The van der Waals surface area contributed by atoms with Crippen molar-refractivity contribution in [1.29, 1.82) is 0 Å². The van der Waals surface area contributed by atoms with Crippen LogP contribution in [0.4, 0.5) is 0 Å². The Bertz CT molecular complexity index is 411. The highest BCUT2D eigenvalue weighted by molar-refractivity contribution is 6.33. The molecule has 0 radical (unpaired) electrons. The average molecular weight is 255 g/mol. The molecule has 0 bridgehead atoms. The van der Waals surface area contributed by atoms with E-state index >= 15 is 0 Å². The van der Waals surface area contributed by atoms with E-state index in [0.717, 1.165) is 0 Å².